The van der Waals surface area contributed by atoms with Crippen molar-refractivity contribution >= 4 is 48.5 Å². The van der Waals surface area contributed by atoms with E-state index in [0.717, 1.165) is 43.9 Å². The predicted octanol–water partition coefficient (Wildman–Crippen LogP) is 5.11. The van der Waals surface area contributed by atoms with Gasteiger partial charge >= 0.3 is 0 Å². The van der Waals surface area contributed by atoms with Crippen molar-refractivity contribution in [1.82, 2.24) is 24.5 Å². The van der Waals surface area contributed by atoms with Crippen LogP contribution in [0.5, 0.6) is 0 Å². The van der Waals surface area contributed by atoms with E-state index in [9.17, 15) is 0 Å². The minimum absolute atomic E-state index is 0.603. The van der Waals surface area contributed by atoms with E-state index in [2.05, 4.69) is 54.7 Å². The molecule has 5 rings (SSSR count). The molecule has 0 aliphatic rings. The Morgan fingerprint density at radius 3 is 2.96 bits per heavy atom. The standard InChI is InChI=1S/C20H16BrN5OS/c1-27-7-6-26-17-4-3-13(21)9-14(17)25-20(26)16-10-22-19(24-16)12-2-5-18-15(8-12)23-11-28-18/h2-5,8-11H,6-7H2,1H3,(H,22,24). The topological polar surface area (TPSA) is 68.6 Å². The number of fused-ring (bicyclic) bond motifs is 2. The van der Waals surface area contributed by atoms with Crippen molar-refractivity contribution in [3.8, 4) is 22.9 Å². The second kappa shape index (κ2) is 7.12. The van der Waals surface area contributed by atoms with E-state index in [1.165, 1.54) is 4.70 Å². The molecular formula is C20H16BrN5OS. The van der Waals surface area contributed by atoms with Crippen LogP contribution in [0.3, 0.4) is 0 Å². The van der Waals surface area contributed by atoms with Crippen molar-refractivity contribution in [1.29, 1.82) is 0 Å². The number of halogens is 1. The zero-order valence-corrected chi connectivity index (χ0v) is 17.4. The summed E-state index contributed by atoms with van der Waals surface area (Å²) in [5.74, 6) is 1.62. The van der Waals surface area contributed by atoms with Crippen LogP contribution >= 0.6 is 27.3 Å². The molecule has 0 spiro atoms. The molecule has 0 saturated heterocycles. The molecule has 0 fully saturated rings. The fourth-order valence-electron chi connectivity index (χ4n) is 3.30. The highest BCUT2D eigenvalue weighted by molar-refractivity contribution is 9.10. The van der Waals surface area contributed by atoms with Crippen molar-refractivity contribution in [2.45, 2.75) is 6.54 Å². The average molecular weight is 454 g/mol. The highest BCUT2D eigenvalue weighted by atomic mass is 79.9. The monoisotopic (exact) mass is 453 g/mol. The van der Waals surface area contributed by atoms with E-state index in [-0.39, 0.29) is 0 Å². The van der Waals surface area contributed by atoms with Gasteiger partial charge in [0.1, 0.15) is 11.5 Å². The van der Waals surface area contributed by atoms with Gasteiger partial charge in [-0.25, -0.2) is 15.0 Å². The number of aromatic nitrogens is 5. The Kier molecular flexibility index (Phi) is 4.46. The molecule has 3 heterocycles. The highest BCUT2D eigenvalue weighted by Gasteiger charge is 2.16. The van der Waals surface area contributed by atoms with E-state index < -0.39 is 0 Å². The smallest absolute Gasteiger partial charge is 0.161 e. The molecule has 6 nitrogen and oxygen atoms in total. The number of imidazole rings is 2. The molecule has 0 saturated carbocycles. The van der Waals surface area contributed by atoms with Crippen molar-refractivity contribution in [3.05, 3.63) is 52.6 Å². The summed E-state index contributed by atoms with van der Waals surface area (Å²) in [4.78, 5) is 17.3. The number of methoxy groups -OCH3 is 1. The number of H-pyrrole nitrogens is 1. The summed E-state index contributed by atoms with van der Waals surface area (Å²) in [6, 6.07) is 12.3. The van der Waals surface area contributed by atoms with Crippen molar-refractivity contribution < 1.29 is 4.74 Å². The summed E-state index contributed by atoms with van der Waals surface area (Å²) in [6.07, 6.45) is 1.90. The molecule has 3 aromatic heterocycles. The van der Waals surface area contributed by atoms with Gasteiger partial charge in [0.15, 0.2) is 5.82 Å². The first-order chi connectivity index (χ1) is 13.7. The van der Waals surface area contributed by atoms with E-state index in [1.54, 1.807) is 18.4 Å². The molecule has 0 amide bonds. The summed E-state index contributed by atoms with van der Waals surface area (Å²) in [7, 11) is 1.71. The number of thiazole rings is 1. The number of benzene rings is 2. The Bertz CT molecular complexity index is 1290. The highest BCUT2D eigenvalue weighted by Crippen LogP contribution is 2.29. The molecule has 1 N–H and O–H groups in total. The number of ether oxygens (including phenoxy) is 1. The molecule has 0 unspecified atom stereocenters. The fraction of sp³-hybridized carbons (Fsp3) is 0.150. The molecule has 0 atom stereocenters. The van der Waals surface area contributed by atoms with Gasteiger partial charge in [0.2, 0.25) is 0 Å². The summed E-state index contributed by atoms with van der Waals surface area (Å²) >= 11 is 5.16. The van der Waals surface area contributed by atoms with E-state index in [1.807, 2.05) is 23.8 Å². The van der Waals surface area contributed by atoms with Gasteiger partial charge in [-0.15, -0.1) is 11.3 Å². The number of rotatable bonds is 5. The van der Waals surface area contributed by atoms with Crippen LogP contribution in [0.1, 0.15) is 0 Å². The summed E-state index contributed by atoms with van der Waals surface area (Å²) in [5, 5.41) is 0. The van der Waals surface area contributed by atoms with E-state index in [0.29, 0.717) is 13.2 Å². The minimum atomic E-state index is 0.603. The maximum atomic E-state index is 5.29. The second-order valence-electron chi connectivity index (χ2n) is 6.38. The van der Waals surface area contributed by atoms with Crippen LogP contribution < -0.4 is 0 Å². The van der Waals surface area contributed by atoms with Crippen LogP contribution in [0.2, 0.25) is 0 Å². The molecule has 0 aliphatic heterocycles. The molecular weight excluding hydrogens is 438 g/mol. The molecule has 0 bridgehead atoms. The predicted molar refractivity (Wildman–Crippen MR) is 116 cm³/mol. The zero-order valence-electron chi connectivity index (χ0n) is 15.0. The maximum Gasteiger partial charge on any atom is 0.161 e. The first-order valence-electron chi connectivity index (χ1n) is 8.77. The second-order valence-corrected chi connectivity index (χ2v) is 8.18. The van der Waals surface area contributed by atoms with Gasteiger partial charge in [0.25, 0.3) is 0 Å². The molecule has 0 aliphatic carbocycles. The third-order valence-corrected chi connectivity index (χ3v) is 5.94. The molecule has 2 aromatic carbocycles. The van der Waals surface area contributed by atoms with Gasteiger partial charge in [-0.2, -0.15) is 0 Å². The number of aromatic amines is 1. The van der Waals surface area contributed by atoms with Crippen LogP contribution in [0.4, 0.5) is 0 Å². The Morgan fingerprint density at radius 1 is 1.14 bits per heavy atom. The largest absolute Gasteiger partial charge is 0.383 e. The van der Waals surface area contributed by atoms with Crippen molar-refractivity contribution in [2.75, 3.05) is 13.7 Å². The van der Waals surface area contributed by atoms with E-state index in [4.69, 9.17) is 14.7 Å². The van der Waals surface area contributed by atoms with Crippen molar-refractivity contribution in [2.24, 2.45) is 0 Å². The first kappa shape index (κ1) is 17.5. The molecule has 28 heavy (non-hydrogen) atoms. The van der Waals surface area contributed by atoms with Crippen LogP contribution in [0.25, 0.3) is 44.2 Å². The Labute approximate surface area is 173 Å². The quantitative estimate of drug-likeness (QED) is 0.401. The fourth-order valence-corrected chi connectivity index (χ4v) is 4.30. The third kappa shape index (κ3) is 3.03. The Balaban J connectivity index is 1.60. The lowest BCUT2D eigenvalue weighted by atomic mass is 10.2. The summed E-state index contributed by atoms with van der Waals surface area (Å²) < 4.78 is 9.61. The SMILES string of the molecule is COCCn1c(-c2c[nH]c(-c3ccc4scnc4c3)n2)nc2cc(Br)ccc21. The summed E-state index contributed by atoms with van der Waals surface area (Å²) in [6.45, 7) is 1.31. The molecule has 8 heteroatoms. The Hall–Kier alpha value is -2.55. The zero-order chi connectivity index (χ0) is 19.1. The number of nitrogens with one attached hydrogen (secondary N) is 1. The van der Waals surface area contributed by atoms with E-state index >= 15 is 0 Å². The van der Waals surface area contributed by atoms with Gasteiger partial charge < -0.3 is 14.3 Å². The van der Waals surface area contributed by atoms with Crippen LogP contribution in [-0.2, 0) is 11.3 Å². The lowest BCUT2D eigenvalue weighted by Gasteiger charge is -2.07. The molecule has 0 radical (unpaired) electrons. The van der Waals surface area contributed by atoms with Crippen LogP contribution in [0.15, 0.2) is 52.6 Å². The Morgan fingerprint density at radius 2 is 2.07 bits per heavy atom. The van der Waals surface area contributed by atoms with Gasteiger partial charge in [-0.1, -0.05) is 15.9 Å². The van der Waals surface area contributed by atoms with Gasteiger partial charge in [-0.3, -0.25) is 0 Å². The lowest BCUT2D eigenvalue weighted by Crippen LogP contribution is -2.06. The minimum Gasteiger partial charge on any atom is -0.383 e. The first-order valence-corrected chi connectivity index (χ1v) is 10.4. The van der Waals surface area contributed by atoms with Gasteiger partial charge in [-0.05, 0) is 36.4 Å². The average Bonchev–Trinajstić information content (AvgIpc) is 3.43. The third-order valence-electron chi connectivity index (χ3n) is 4.64. The van der Waals surface area contributed by atoms with Gasteiger partial charge in [0, 0.05) is 29.9 Å². The number of hydrogen-bond acceptors (Lipinski definition) is 5. The van der Waals surface area contributed by atoms with Crippen LogP contribution in [-0.4, -0.2) is 38.2 Å². The lowest BCUT2D eigenvalue weighted by molar-refractivity contribution is 0.188. The molecule has 5 aromatic rings. The van der Waals surface area contributed by atoms with Gasteiger partial charge in [0.05, 0.1) is 33.4 Å². The summed E-state index contributed by atoms with van der Waals surface area (Å²) in [5.41, 5.74) is 6.64. The molecule has 140 valence electrons. The van der Waals surface area contributed by atoms with Crippen LogP contribution in [0, 0.1) is 0 Å². The normalized spacial score (nSPS) is 11.6. The number of nitrogens with zero attached hydrogens (tertiary/aromatic N) is 4. The van der Waals surface area contributed by atoms with Crippen molar-refractivity contribution in [3.63, 3.8) is 0 Å². The number of hydrogen-bond donors (Lipinski definition) is 1. The maximum absolute atomic E-state index is 5.29.